The lowest BCUT2D eigenvalue weighted by Crippen LogP contribution is -2.30. The number of hydrogen-bond acceptors (Lipinski definition) is 4. The van der Waals surface area contributed by atoms with Crippen LogP contribution in [0, 0.1) is 5.92 Å². The third-order valence-electron chi connectivity index (χ3n) is 2.62. The molecule has 18 heavy (non-hydrogen) atoms. The maximum atomic E-state index is 11.8. The van der Waals surface area contributed by atoms with Gasteiger partial charge in [0.05, 0.1) is 12.4 Å². The van der Waals surface area contributed by atoms with Crippen molar-refractivity contribution in [1.29, 1.82) is 0 Å². The van der Waals surface area contributed by atoms with E-state index in [1.165, 1.54) is 12.4 Å². The van der Waals surface area contributed by atoms with Gasteiger partial charge in [-0.15, -0.1) is 0 Å². The highest BCUT2D eigenvalue weighted by Crippen LogP contribution is 2.10. The predicted molar refractivity (Wildman–Crippen MR) is 69.5 cm³/mol. The van der Waals surface area contributed by atoms with Crippen LogP contribution < -0.4 is 5.32 Å². The molecule has 0 aliphatic carbocycles. The molecule has 1 atom stereocenters. The summed E-state index contributed by atoms with van der Waals surface area (Å²) in [5.74, 6) is 0.000126. The Labute approximate surface area is 112 Å². The topological polar surface area (TPSA) is 75.1 Å². The third kappa shape index (κ3) is 4.98. The molecule has 1 heterocycles. The number of carbonyl (C=O) groups is 1. The van der Waals surface area contributed by atoms with Crippen LogP contribution in [0.2, 0.25) is 5.15 Å². The second kappa shape index (κ2) is 8.00. The van der Waals surface area contributed by atoms with Gasteiger partial charge in [-0.25, -0.2) is 4.98 Å². The Hall–Kier alpha value is -1.20. The molecule has 0 saturated carbocycles. The van der Waals surface area contributed by atoms with Crippen LogP contribution in [0.1, 0.15) is 36.7 Å². The van der Waals surface area contributed by atoms with Gasteiger partial charge in [-0.3, -0.25) is 9.78 Å². The summed E-state index contributed by atoms with van der Waals surface area (Å²) in [4.78, 5) is 19.5. The third-order valence-corrected chi connectivity index (χ3v) is 2.81. The Balaban J connectivity index is 2.49. The van der Waals surface area contributed by atoms with Crippen LogP contribution in [0.5, 0.6) is 0 Å². The lowest BCUT2D eigenvalue weighted by molar-refractivity contribution is 0.0937. The largest absolute Gasteiger partial charge is 0.396 e. The second-order valence-corrected chi connectivity index (χ2v) is 4.49. The Morgan fingerprint density at radius 2 is 2.28 bits per heavy atom. The van der Waals surface area contributed by atoms with Gasteiger partial charge < -0.3 is 10.4 Å². The van der Waals surface area contributed by atoms with Crippen LogP contribution in [-0.4, -0.2) is 34.1 Å². The monoisotopic (exact) mass is 271 g/mol. The second-order valence-electron chi connectivity index (χ2n) is 4.10. The first-order valence-corrected chi connectivity index (χ1v) is 6.41. The Bertz CT molecular complexity index is 381. The number of aliphatic hydroxyl groups excluding tert-OH is 1. The molecule has 0 aliphatic rings. The summed E-state index contributed by atoms with van der Waals surface area (Å²) >= 11 is 5.66. The van der Waals surface area contributed by atoms with Gasteiger partial charge in [-0.2, -0.15) is 0 Å². The molecule has 1 aromatic heterocycles. The molecule has 2 N–H and O–H groups in total. The molecule has 0 fully saturated rings. The number of aromatic nitrogens is 2. The van der Waals surface area contributed by atoms with Gasteiger partial charge in [-0.1, -0.05) is 24.9 Å². The molecule has 100 valence electrons. The zero-order chi connectivity index (χ0) is 13.4. The number of hydrogen-bond donors (Lipinski definition) is 2. The quantitative estimate of drug-likeness (QED) is 0.791. The number of nitrogens with one attached hydrogen (secondary N) is 1. The number of halogens is 1. The van der Waals surface area contributed by atoms with Gasteiger partial charge in [0.25, 0.3) is 5.91 Å². The fraction of sp³-hybridized carbons (Fsp3) is 0.583. The highest BCUT2D eigenvalue weighted by molar-refractivity contribution is 6.29. The molecule has 5 nitrogen and oxygen atoms in total. The average Bonchev–Trinajstić information content (AvgIpc) is 2.36. The summed E-state index contributed by atoms with van der Waals surface area (Å²) in [5, 5.41) is 11.9. The molecule has 0 spiro atoms. The van der Waals surface area contributed by atoms with E-state index in [2.05, 4.69) is 22.2 Å². The van der Waals surface area contributed by atoms with Gasteiger partial charge in [0.2, 0.25) is 0 Å². The highest BCUT2D eigenvalue weighted by atomic mass is 35.5. The first-order valence-electron chi connectivity index (χ1n) is 6.04. The zero-order valence-corrected chi connectivity index (χ0v) is 11.2. The lowest BCUT2D eigenvalue weighted by Gasteiger charge is -2.15. The maximum absolute atomic E-state index is 11.8. The van der Waals surface area contributed by atoms with E-state index in [4.69, 9.17) is 16.7 Å². The number of rotatable bonds is 7. The van der Waals surface area contributed by atoms with E-state index in [1.54, 1.807) is 0 Å². The van der Waals surface area contributed by atoms with Crippen LogP contribution in [-0.2, 0) is 0 Å². The minimum atomic E-state index is -0.288. The van der Waals surface area contributed by atoms with Gasteiger partial charge in [0.15, 0.2) is 0 Å². The van der Waals surface area contributed by atoms with Gasteiger partial charge in [-0.05, 0) is 18.8 Å². The van der Waals surface area contributed by atoms with Crippen LogP contribution in [0.25, 0.3) is 0 Å². The maximum Gasteiger partial charge on any atom is 0.271 e. The summed E-state index contributed by atoms with van der Waals surface area (Å²) in [6, 6.07) is 0. The fourth-order valence-corrected chi connectivity index (χ4v) is 1.87. The summed E-state index contributed by atoms with van der Waals surface area (Å²) in [5.41, 5.74) is 0.210. The molecule has 0 aliphatic heterocycles. The lowest BCUT2D eigenvalue weighted by atomic mass is 10.0. The molecule has 1 aromatic rings. The Morgan fingerprint density at radius 3 is 2.89 bits per heavy atom. The number of amides is 1. The normalized spacial score (nSPS) is 12.2. The number of carbonyl (C=O) groups excluding carboxylic acids is 1. The van der Waals surface area contributed by atoms with Crippen molar-refractivity contribution in [2.24, 2.45) is 5.92 Å². The molecule has 1 unspecified atom stereocenters. The van der Waals surface area contributed by atoms with Crippen molar-refractivity contribution in [1.82, 2.24) is 15.3 Å². The molecule has 0 saturated heterocycles. The Morgan fingerprint density at radius 1 is 1.50 bits per heavy atom. The smallest absolute Gasteiger partial charge is 0.271 e. The molecule has 1 rings (SSSR count). The summed E-state index contributed by atoms with van der Waals surface area (Å²) in [7, 11) is 0. The van der Waals surface area contributed by atoms with Gasteiger partial charge in [0, 0.05) is 13.2 Å². The molecule has 0 radical (unpaired) electrons. The predicted octanol–water partition coefficient (Wildman–Crippen LogP) is 1.66. The molecular formula is C12H18ClN3O2. The van der Waals surface area contributed by atoms with Crippen molar-refractivity contribution < 1.29 is 9.90 Å². The van der Waals surface area contributed by atoms with Crippen LogP contribution in [0.3, 0.4) is 0 Å². The Kier molecular flexibility index (Phi) is 6.60. The van der Waals surface area contributed by atoms with Crippen LogP contribution in [0.4, 0.5) is 0 Å². The average molecular weight is 272 g/mol. The zero-order valence-electron chi connectivity index (χ0n) is 10.4. The van der Waals surface area contributed by atoms with Crippen molar-refractivity contribution in [2.45, 2.75) is 26.2 Å². The van der Waals surface area contributed by atoms with Gasteiger partial charge in [0.1, 0.15) is 10.8 Å². The first kappa shape index (κ1) is 14.9. The van der Waals surface area contributed by atoms with Crippen molar-refractivity contribution >= 4 is 17.5 Å². The van der Waals surface area contributed by atoms with E-state index in [9.17, 15) is 4.79 Å². The van der Waals surface area contributed by atoms with E-state index in [1.807, 2.05) is 0 Å². The number of nitrogens with zero attached hydrogens (tertiary/aromatic N) is 2. The van der Waals surface area contributed by atoms with E-state index in [0.717, 1.165) is 12.8 Å². The van der Waals surface area contributed by atoms with Crippen molar-refractivity contribution in [3.05, 3.63) is 23.2 Å². The van der Waals surface area contributed by atoms with Crippen LogP contribution in [0.15, 0.2) is 12.4 Å². The minimum Gasteiger partial charge on any atom is -0.396 e. The molecule has 6 heteroatoms. The standard InChI is InChI=1S/C12H18ClN3O2/c1-2-3-9(4-5-17)6-15-12(18)10-7-14-8-11(13)16-10/h7-9,17H,2-6H2,1H3,(H,15,18). The summed E-state index contributed by atoms with van der Waals surface area (Å²) in [6.45, 7) is 2.74. The van der Waals surface area contributed by atoms with Crippen molar-refractivity contribution in [2.75, 3.05) is 13.2 Å². The highest BCUT2D eigenvalue weighted by Gasteiger charge is 2.12. The molecule has 0 bridgehead atoms. The summed E-state index contributed by atoms with van der Waals surface area (Å²) < 4.78 is 0. The molecular weight excluding hydrogens is 254 g/mol. The summed E-state index contributed by atoms with van der Waals surface area (Å²) in [6.07, 6.45) is 5.45. The minimum absolute atomic E-state index is 0.136. The van der Waals surface area contributed by atoms with Crippen LogP contribution >= 0.6 is 11.6 Å². The molecule has 0 aromatic carbocycles. The van der Waals surface area contributed by atoms with E-state index < -0.39 is 0 Å². The van der Waals surface area contributed by atoms with E-state index >= 15 is 0 Å². The van der Waals surface area contributed by atoms with Crippen molar-refractivity contribution in [3.8, 4) is 0 Å². The van der Waals surface area contributed by atoms with E-state index in [0.29, 0.717) is 13.0 Å². The first-order chi connectivity index (χ1) is 8.67. The molecule has 1 amide bonds. The SMILES string of the molecule is CCCC(CCO)CNC(=O)c1cncc(Cl)n1. The number of aliphatic hydroxyl groups is 1. The van der Waals surface area contributed by atoms with Crippen molar-refractivity contribution in [3.63, 3.8) is 0 Å². The fourth-order valence-electron chi connectivity index (χ4n) is 1.72. The van der Waals surface area contributed by atoms with E-state index in [-0.39, 0.29) is 29.3 Å². The van der Waals surface area contributed by atoms with Gasteiger partial charge >= 0.3 is 0 Å².